The van der Waals surface area contributed by atoms with Crippen LogP contribution in [-0.4, -0.2) is 12.5 Å². The number of anilines is 1. The number of amides is 1. The van der Waals surface area contributed by atoms with E-state index in [0.29, 0.717) is 15.8 Å². The number of carbonyl (C=O) groups excluding carboxylic acids is 1. The van der Waals surface area contributed by atoms with E-state index in [-0.39, 0.29) is 12.5 Å². The number of benzene rings is 2. The Labute approximate surface area is 133 Å². The van der Waals surface area contributed by atoms with Crippen LogP contribution in [0.3, 0.4) is 0 Å². The Morgan fingerprint density at radius 3 is 2.48 bits per heavy atom. The van der Waals surface area contributed by atoms with Gasteiger partial charge in [-0.2, -0.15) is 0 Å². The molecule has 2 aromatic rings. The summed E-state index contributed by atoms with van der Waals surface area (Å²) in [5, 5.41) is 3.48. The van der Waals surface area contributed by atoms with Gasteiger partial charge in [0, 0.05) is 5.69 Å². The fourth-order valence-electron chi connectivity index (χ4n) is 1.98. The molecule has 1 N–H and O–H groups in total. The SMILES string of the molecule is Cc1cc(C)cc(NC(=O)COc2cccc(Cl)c2Cl)c1. The highest BCUT2D eigenvalue weighted by atomic mass is 35.5. The van der Waals surface area contributed by atoms with Crippen molar-refractivity contribution in [3.63, 3.8) is 0 Å². The molecule has 2 aromatic carbocycles. The molecule has 0 heterocycles. The first-order valence-corrected chi connectivity index (χ1v) is 7.16. The number of ether oxygens (including phenoxy) is 1. The first-order valence-electron chi connectivity index (χ1n) is 6.40. The molecule has 21 heavy (non-hydrogen) atoms. The Balaban J connectivity index is 1.97. The van der Waals surface area contributed by atoms with Crippen molar-refractivity contribution in [2.45, 2.75) is 13.8 Å². The normalized spacial score (nSPS) is 10.3. The van der Waals surface area contributed by atoms with Crippen LogP contribution in [0.25, 0.3) is 0 Å². The molecule has 3 nitrogen and oxygen atoms in total. The average molecular weight is 324 g/mol. The Morgan fingerprint density at radius 1 is 1.14 bits per heavy atom. The smallest absolute Gasteiger partial charge is 0.262 e. The lowest BCUT2D eigenvalue weighted by Gasteiger charge is -2.10. The van der Waals surface area contributed by atoms with Gasteiger partial charge in [-0.25, -0.2) is 0 Å². The zero-order chi connectivity index (χ0) is 15.4. The van der Waals surface area contributed by atoms with E-state index in [1.54, 1.807) is 18.2 Å². The fraction of sp³-hybridized carbons (Fsp3) is 0.188. The second-order valence-electron chi connectivity index (χ2n) is 4.77. The van der Waals surface area contributed by atoms with Gasteiger partial charge in [0.15, 0.2) is 6.61 Å². The second kappa shape index (κ2) is 6.83. The van der Waals surface area contributed by atoms with Crippen molar-refractivity contribution in [3.05, 3.63) is 57.6 Å². The van der Waals surface area contributed by atoms with Gasteiger partial charge in [-0.05, 0) is 49.2 Å². The van der Waals surface area contributed by atoms with Crippen molar-refractivity contribution in [2.24, 2.45) is 0 Å². The number of carbonyl (C=O) groups is 1. The van der Waals surface area contributed by atoms with Crippen molar-refractivity contribution >= 4 is 34.8 Å². The molecule has 0 fully saturated rings. The minimum absolute atomic E-state index is 0.132. The van der Waals surface area contributed by atoms with Gasteiger partial charge in [0.1, 0.15) is 10.8 Å². The largest absolute Gasteiger partial charge is 0.482 e. The predicted molar refractivity (Wildman–Crippen MR) is 86.5 cm³/mol. The van der Waals surface area contributed by atoms with Crippen LogP contribution >= 0.6 is 23.2 Å². The summed E-state index contributed by atoms with van der Waals surface area (Å²) >= 11 is 11.9. The molecule has 110 valence electrons. The van der Waals surface area contributed by atoms with E-state index in [1.165, 1.54) is 0 Å². The summed E-state index contributed by atoms with van der Waals surface area (Å²) in [5.74, 6) is 0.135. The monoisotopic (exact) mass is 323 g/mol. The third-order valence-electron chi connectivity index (χ3n) is 2.78. The lowest BCUT2D eigenvalue weighted by Crippen LogP contribution is -2.20. The molecule has 0 unspecified atom stereocenters. The zero-order valence-electron chi connectivity index (χ0n) is 11.7. The van der Waals surface area contributed by atoms with Crippen molar-refractivity contribution in [1.29, 1.82) is 0 Å². The van der Waals surface area contributed by atoms with Crippen molar-refractivity contribution in [3.8, 4) is 5.75 Å². The number of nitrogens with one attached hydrogen (secondary N) is 1. The van der Waals surface area contributed by atoms with E-state index in [0.717, 1.165) is 16.8 Å². The summed E-state index contributed by atoms with van der Waals surface area (Å²) in [7, 11) is 0. The first-order chi connectivity index (χ1) is 9.95. The summed E-state index contributed by atoms with van der Waals surface area (Å²) in [6.07, 6.45) is 0. The summed E-state index contributed by atoms with van der Waals surface area (Å²) < 4.78 is 5.38. The maximum absolute atomic E-state index is 11.9. The van der Waals surface area contributed by atoms with Gasteiger partial charge in [0.05, 0.1) is 5.02 Å². The topological polar surface area (TPSA) is 38.3 Å². The summed E-state index contributed by atoms with van der Waals surface area (Å²) in [6.45, 7) is 3.82. The van der Waals surface area contributed by atoms with Gasteiger partial charge in [-0.1, -0.05) is 35.3 Å². The maximum Gasteiger partial charge on any atom is 0.262 e. The van der Waals surface area contributed by atoms with Crippen molar-refractivity contribution < 1.29 is 9.53 Å². The maximum atomic E-state index is 11.9. The third kappa shape index (κ3) is 4.38. The predicted octanol–water partition coefficient (Wildman–Crippen LogP) is 4.63. The standard InChI is InChI=1S/C16H15Cl2NO2/c1-10-6-11(2)8-12(7-10)19-15(20)9-21-14-5-3-4-13(17)16(14)18/h3-8H,9H2,1-2H3,(H,19,20). The summed E-state index contributed by atoms with van der Waals surface area (Å²) in [5.41, 5.74) is 2.92. The van der Waals surface area contributed by atoms with E-state index < -0.39 is 0 Å². The first kappa shape index (κ1) is 15.7. The van der Waals surface area contributed by atoms with Gasteiger partial charge in [0.25, 0.3) is 5.91 Å². The van der Waals surface area contributed by atoms with Crippen LogP contribution in [0.1, 0.15) is 11.1 Å². The molecule has 1 amide bonds. The molecule has 0 aliphatic heterocycles. The van der Waals surface area contributed by atoms with Crippen LogP contribution in [0, 0.1) is 13.8 Å². The van der Waals surface area contributed by atoms with Gasteiger partial charge in [0.2, 0.25) is 0 Å². The second-order valence-corrected chi connectivity index (χ2v) is 5.55. The number of hydrogen-bond donors (Lipinski definition) is 1. The molecule has 0 aliphatic carbocycles. The van der Waals surface area contributed by atoms with Crippen molar-refractivity contribution in [1.82, 2.24) is 0 Å². The minimum atomic E-state index is -0.254. The Kier molecular flexibility index (Phi) is 5.10. The van der Waals surface area contributed by atoms with Crippen LogP contribution in [0.15, 0.2) is 36.4 Å². The number of aryl methyl sites for hydroxylation is 2. The molecular weight excluding hydrogens is 309 g/mol. The van der Waals surface area contributed by atoms with E-state index in [4.69, 9.17) is 27.9 Å². The van der Waals surface area contributed by atoms with Gasteiger partial charge in [-0.3, -0.25) is 4.79 Å². The number of halogens is 2. The van der Waals surface area contributed by atoms with E-state index >= 15 is 0 Å². The molecule has 0 saturated heterocycles. The van der Waals surface area contributed by atoms with Gasteiger partial charge < -0.3 is 10.1 Å². The molecule has 0 saturated carbocycles. The fourth-order valence-corrected chi connectivity index (χ4v) is 2.33. The van der Waals surface area contributed by atoms with Crippen LogP contribution < -0.4 is 10.1 Å². The quantitative estimate of drug-likeness (QED) is 0.890. The Morgan fingerprint density at radius 2 is 1.81 bits per heavy atom. The molecule has 0 aromatic heterocycles. The van der Waals surface area contributed by atoms with Gasteiger partial charge in [-0.15, -0.1) is 0 Å². The van der Waals surface area contributed by atoms with Crippen LogP contribution in [-0.2, 0) is 4.79 Å². The minimum Gasteiger partial charge on any atom is -0.482 e. The third-order valence-corrected chi connectivity index (χ3v) is 3.58. The highest BCUT2D eigenvalue weighted by Gasteiger charge is 2.09. The molecule has 0 radical (unpaired) electrons. The molecular formula is C16H15Cl2NO2. The van der Waals surface area contributed by atoms with E-state index in [2.05, 4.69) is 5.32 Å². The molecule has 0 spiro atoms. The highest BCUT2D eigenvalue weighted by Crippen LogP contribution is 2.31. The van der Waals surface area contributed by atoms with Crippen LogP contribution in [0.4, 0.5) is 5.69 Å². The molecule has 0 atom stereocenters. The van der Waals surface area contributed by atoms with Gasteiger partial charge >= 0.3 is 0 Å². The number of hydrogen-bond acceptors (Lipinski definition) is 2. The van der Waals surface area contributed by atoms with E-state index in [9.17, 15) is 4.79 Å². The lowest BCUT2D eigenvalue weighted by atomic mass is 10.1. The van der Waals surface area contributed by atoms with Crippen LogP contribution in [0.2, 0.25) is 10.0 Å². The zero-order valence-corrected chi connectivity index (χ0v) is 13.3. The molecule has 0 bridgehead atoms. The summed E-state index contributed by atoms with van der Waals surface area (Å²) in [6, 6.07) is 10.9. The lowest BCUT2D eigenvalue weighted by molar-refractivity contribution is -0.118. The highest BCUT2D eigenvalue weighted by molar-refractivity contribution is 6.42. The Hall–Kier alpha value is -1.71. The Bertz CT molecular complexity index is 651. The van der Waals surface area contributed by atoms with E-state index in [1.807, 2.05) is 32.0 Å². The summed E-state index contributed by atoms with van der Waals surface area (Å²) in [4.78, 5) is 11.9. The average Bonchev–Trinajstić information content (AvgIpc) is 2.39. The molecule has 2 rings (SSSR count). The van der Waals surface area contributed by atoms with Crippen molar-refractivity contribution in [2.75, 3.05) is 11.9 Å². The molecule has 5 heteroatoms. The molecule has 0 aliphatic rings. The van der Waals surface area contributed by atoms with Crippen LogP contribution in [0.5, 0.6) is 5.75 Å². The number of rotatable bonds is 4.